The number of nitrogens with two attached hydrogens (primary N) is 1. The number of halogens is 1. The van der Waals surface area contributed by atoms with E-state index in [0.29, 0.717) is 19.5 Å². The lowest BCUT2D eigenvalue weighted by Gasteiger charge is -2.36. The second-order valence-electron chi connectivity index (χ2n) is 4.77. The van der Waals surface area contributed by atoms with Crippen LogP contribution in [0.3, 0.4) is 0 Å². The van der Waals surface area contributed by atoms with E-state index < -0.39 is 15.8 Å². The lowest BCUT2D eigenvalue weighted by atomic mass is 9.93. The van der Waals surface area contributed by atoms with Crippen molar-refractivity contribution >= 4 is 10.0 Å². The Bertz CT molecular complexity index is 529. The van der Waals surface area contributed by atoms with E-state index in [1.54, 1.807) is 0 Å². The normalized spacial score (nSPS) is 16.6. The zero-order valence-electron chi connectivity index (χ0n) is 10.8. The molecule has 1 saturated carbocycles. The van der Waals surface area contributed by atoms with Gasteiger partial charge >= 0.3 is 0 Å². The molecule has 0 spiro atoms. The molecule has 1 aromatic rings. The minimum atomic E-state index is -3.76. The second kappa shape index (κ2) is 5.98. The van der Waals surface area contributed by atoms with E-state index >= 15 is 0 Å². The Balaban J connectivity index is 2.31. The van der Waals surface area contributed by atoms with Crippen LogP contribution in [0, 0.1) is 5.82 Å². The molecule has 1 aliphatic rings. The van der Waals surface area contributed by atoms with Crippen molar-refractivity contribution in [1.82, 2.24) is 4.31 Å². The van der Waals surface area contributed by atoms with E-state index in [1.165, 1.54) is 28.6 Å². The molecule has 0 radical (unpaired) electrons. The highest BCUT2D eigenvalue weighted by Crippen LogP contribution is 2.30. The topological polar surface area (TPSA) is 63.4 Å². The van der Waals surface area contributed by atoms with Gasteiger partial charge in [-0.1, -0.05) is 18.6 Å². The van der Waals surface area contributed by atoms with Crippen molar-refractivity contribution in [1.29, 1.82) is 0 Å². The van der Waals surface area contributed by atoms with Crippen molar-refractivity contribution in [3.05, 3.63) is 30.1 Å². The van der Waals surface area contributed by atoms with Crippen LogP contribution in [0.1, 0.15) is 25.7 Å². The standard InChI is InChI=1S/C13H19FN2O2S/c14-12-7-1-2-8-13(12)19(17,18)16(10-4-9-15)11-5-3-6-11/h1-2,7-8,11H,3-6,9-10,15H2. The van der Waals surface area contributed by atoms with Gasteiger partial charge in [-0.05, 0) is 37.9 Å². The largest absolute Gasteiger partial charge is 0.330 e. The number of hydrogen-bond acceptors (Lipinski definition) is 3. The molecule has 0 saturated heterocycles. The summed E-state index contributed by atoms with van der Waals surface area (Å²) in [6.45, 7) is 0.786. The average molecular weight is 286 g/mol. The molecular weight excluding hydrogens is 267 g/mol. The highest BCUT2D eigenvalue weighted by Gasteiger charge is 2.35. The van der Waals surface area contributed by atoms with Gasteiger partial charge in [0.25, 0.3) is 0 Å². The predicted molar refractivity (Wildman–Crippen MR) is 71.6 cm³/mol. The maximum Gasteiger partial charge on any atom is 0.246 e. The molecule has 1 fully saturated rings. The summed E-state index contributed by atoms with van der Waals surface area (Å²) in [5, 5.41) is 0. The zero-order chi connectivity index (χ0) is 13.9. The fraction of sp³-hybridized carbons (Fsp3) is 0.538. The molecule has 106 valence electrons. The van der Waals surface area contributed by atoms with Crippen LogP contribution >= 0.6 is 0 Å². The molecule has 2 rings (SSSR count). The minimum Gasteiger partial charge on any atom is -0.330 e. The van der Waals surface area contributed by atoms with Crippen molar-refractivity contribution < 1.29 is 12.8 Å². The molecule has 0 heterocycles. The van der Waals surface area contributed by atoms with Crippen molar-refractivity contribution in [2.24, 2.45) is 5.73 Å². The van der Waals surface area contributed by atoms with Crippen molar-refractivity contribution in [3.63, 3.8) is 0 Å². The number of hydrogen-bond donors (Lipinski definition) is 1. The Kier molecular flexibility index (Phi) is 4.54. The molecule has 0 bridgehead atoms. The Morgan fingerprint density at radius 3 is 2.53 bits per heavy atom. The van der Waals surface area contributed by atoms with Gasteiger partial charge in [-0.3, -0.25) is 0 Å². The number of sulfonamides is 1. The fourth-order valence-corrected chi connectivity index (χ4v) is 3.99. The van der Waals surface area contributed by atoms with E-state index in [9.17, 15) is 12.8 Å². The molecule has 0 amide bonds. The van der Waals surface area contributed by atoms with Crippen LogP contribution in [0.4, 0.5) is 4.39 Å². The van der Waals surface area contributed by atoms with Gasteiger partial charge in [0.1, 0.15) is 10.7 Å². The summed E-state index contributed by atoms with van der Waals surface area (Å²) in [4.78, 5) is -0.237. The first kappa shape index (κ1) is 14.4. The van der Waals surface area contributed by atoms with Gasteiger partial charge in [0, 0.05) is 12.6 Å². The molecule has 4 nitrogen and oxygen atoms in total. The summed E-state index contributed by atoms with van der Waals surface area (Å²) in [6.07, 6.45) is 3.30. The predicted octanol–water partition coefficient (Wildman–Crippen LogP) is 1.72. The first-order valence-electron chi connectivity index (χ1n) is 6.54. The van der Waals surface area contributed by atoms with E-state index in [-0.39, 0.29) is 10.9 Å². The van der Waals surface area contributed by atoms with Crippen LogP contribution in [0.2, 0.25) is 0 Å². The van der Waals surface area contributed by atoms with Gasteiger partial charge in [-0.15, -0.1) is 0 Å². The molecule has 6 heteroatoms. The Morgan fingerprint density at radius 2 is 2.00 bits per heavy atom. The van der Waals surface area contributed by atoms with Crippen LogP contribution in [0.15, 0.2) is 29.2 Å². The maximum absolute atomic E-state index is 13.7. The van der Waals surface area contributed by atoms with Gasteiger partial charge < -0.3 is 5.73 Å². The van der Waals surface area contributed by atoms with Gasteiger partial charge in [-0.25, -0.2) is 12.8 Å². The summed E-state index contributed by atoms with van der Waals surface area (Å²) < 4.78 is 40.2. The summed E-state index contributed by atoms with van der Waals surface area (Å²) in [5.41, 5.74) is 5.45. The molecule has 0 aliphatic heterocycles. The molecule has 1 aromatic carbocycles. The van der Waals surface area contributed by atoms with Crippen LogP contribution in [0.5, 0.6) is 0 Å². The van der Waals surface area contributed by atoms with Gasteiger partial charge in [0.15, 0.2) is 0 Å². The third kappa shape index (κ3) is 2.96. The van der Waals surface area contributed by atoms with Crippen molar-refractivity contribution in [2.75, 3.05) is 13.1 Å². The van der Waals surface area contributed by atoms with E-state index in [0.717, 1.165) is 19.3 Å². The van der Waals surface area contributed by atoms with E-state index in [1.807, 2.05) is 0 Å². The molecule has 0 aromatic heterocycles. The van der Waals surface area contributed by atoms with Gasteiger partial charge in [0.2, 0.25) is 10.0 Å². The maximum atomic E-state index is 13.7. The average Bonchev–Trinajstić information content (AvgIpc) is 2.32. The third-order valence-electron chi connectivity index (χ3n) is 3.49. The second-order valence-corrected chi connectivity index (χ2v) is 6.63. The molecular formula is C13H19FN2O2S. The highest BCUT2D eigenvalue weighted by atomic mass is 32.2. The summed E-state index contributed by atoms with van der Waals surface area (Å²) in [5.74, 6) is -0.695. The van der Waals surface area contributed by atoms with Crippen LogP contribution in [-0.2, 0) is 10.0 Å². The molecule has 19 heavy (non-hydrogen) atoms. The summed E-state index contributed by atoms with van der Waals surface area (Å²) in [6, 6.07) is 5.52. The number of rotatable bonds is 6. The van der Waals surface area contributed by atoms with E-state index in [2.05, 4.69) is 0 Å². The molecule has 2 N–H and O–H groups in total. The van der Waals surface area contributed by atoms with Crippen LogP contribution in [0.25, 0.3) is 0 Å². The smallest absolute Gasteiger partial charge is 0.246 e. The summed E-state index contributed by atoms with van der Waals surface area (Å²) >= 11 is 0. The summed E-state index contributed by atoms with van der Waals surface area (Å²) in [7, 11) is -3.76. The van der Waals surface area contributed by atoms with Crippen molar-refractivity contribution in [2.45, 2.75) is 36.6 Å². The quantitative estimate of drug-likeness (QED) is 0.866. The first-order valence-corrected chi connectivity index (χ1v) is 7.98. The molecule has 1 aliphatic carbocycles. The Labute approximate surface area is 113 Å². The fourth-order valence-electron chi connectivity index (χ4n) is 2.20. The lowest BCUT2D eigenvalue weighted by molar-refractivity contribution is 0.218. The monoisotopic (exact) mass is 286 g/mol. The first-order chi connectivity index (χ1) is 9.07. The molecule has 0 unspecified atom stereocenters. The number of nitrogens with zero attached hydrogens (tertiary/aromatic N) is 1. The van der Waals surface area contributed by atoms with E-state index in [4.69, 9.17) is 5.73 Å². The lowest BCUT2D eigenvalue weighted by Crippen LogP contribution is -2.45. The van der Waals surface area contributed by atoms with Gasteiger partial charge in [0.05, 0.1) is 0 Å². The van der Waals surface area contributed by atoms with Crippen LogP contribution < -0.4 is 5.73 Å². The van der Waals surface area contributed by atoms with Gasteiger partial charge in [-0.2, -0.15) is 4.31 Å². The van der Waals surface area contributed by atoms with Crippen LogP contribution in [-0.4, -0.2) is 31.9 Å². The molecule has 0 atom stereocenters. The number of benzene rings is 1. The van der Waals surface area contributed by atoms with Crippen molar-refractivity contribution in [3.8, 4) is 0 Å². The third-order valence-corrected chi connectivity index (χ3v) is 5.47. The SMILES string of the molecule is NCCCN(C1CCC1)S(=O)(=O)c1ccccc1F. The minimum absolute atomic E-state index is 0.00356. The highest BCUT2D eigenvalue weighted by molar-refractivity contribution is 7.89. The zero-order valence-corrected chi connectivity index (χ0v) is 11.6. The Hall–Kier alpha value is -0.980. The Morgan fingerprint density at radius 1 is 1.32 bits per heavy atom.